The van der Waals surface area contributed by atoms with Gasteiger partial charge in [-0.2, -0.15) is 0 Å². The van der Waals surface area contributed by atoms with Gasteiger partial charge in [0.25, 0.3) is 10.0 Å². The minimum absolute atomic E-state index is 0.175. The van der Waals surface area contributed by atoms with Gasteiger partial charge in [0.1, 0.15) is 5.82 Å². The van der Waals surface area contributed by atoms with Crippen molar-refractivity contribution in [2.45, 2.75) is 24.7 Å². The topological polar surface area (TPSA) is 49.4 Å². The molecule has 3 rings (SSSR count). The van der Waals surface area contributed by atoms with Crippen molar-refractivity contribution >= 4 is 21.4 Å². The summed E-state index contributed by atoms with van der Waals surface area (Å²) in [5.41, 5.74) is 1.86. The Morgan fingerprint density at radius 1 is 1.09 bits per heavy atom. The van der Waals surface area contributed by atoms with Crippen LogP contribution in [0.15, 0.2) is 47.4 Å². The van der Waals surface area contributed by atoms with E-state index in [1.165, 1.54) is 18.2 Å². The summed E-state index contributed by atoms with van der Waals surface area (Å²) in [5, 5.41) is 0. The third kappa shape index (κ3) is 3.47. The standard InChI is InChI=1S/C17H19FN2O2S/c1-13-5-4-6-15(11-13)23(21,22)19-16-12-14(18)7-8-17(16)20-9-2-3-10-20/h4-8,11-12,19H,2-3,9-10H2,1H3. The molecule has 2 aromatic carbocycles. The normalized spacial score (nSPS) is 15.0. The molecule has 122 valence electrons. The summed E-state index contributed by atoms with van der Waals surface area (Å²) in [4.78, 5) is 2.25. The first-order valence-corrected chi connectivity index (χ1v) is 9.08. The van der Waals surface area contributed by atoms with Gasteiger partial charge in [-0.15, -0.1) is 0 Å². The number of anilines is 2. The maximum Gasteiger partial charge on any atom is 0.261 e. The highest BCUT2D eigenvalue weighted by Crippen LogP contribution is 2.31. The summed E-state index contributed by atoms with van der Waals surface area (Å²) in [6, 6.07) is 10.9. The van der Waals surface area contributed by atoms with Gasteiger partial charge < -0.3 is 4.90 Å². The molecule has 4 nitrogen and oxygen atoms in total. The number of benzene rings is 2. The first kappa shape index (κ1) is 15.8. The Morgan fingerprint density at radius 2 is 1.83 bits per heavy atom. The van der Waals surface area contributed by atoms with Crippen molar-refractivity contribution in [2.75, 3.05) is 22.7 Å². The van der Waals surface area contributed by atoms with Gasteiger partial charge in [-0.1, -0.05) is 12.1 Å². The third-order valence-corrected chi connectivity index (χ3v) is 5.31. The van der Waals surface area contributed by atoms with Crippen LogP contribution in [0.4, 0.5) is 15.8 Å². The molecule has 1 saturated heterocycles. The van der Waals surface area contributed by atoms with Gasteiger partial charge in [-0.3, -0.25) is 4.72 Å². The zero-order valence-electron chi connectivity index (χ0n) is 12.9. The molecule has 1 aliphatic heterocycles. The van der Waals surface area contributed by atoms with Crippen molar-refractivity contribution in [3.63, 3.8) is 0 Å². The van der Waals surface area contributed by atoms with Gasteiger partial charge in [0.15, 0.2) is 0 Å². The molecule has 23 heavy (non-hydrogen) atoms. The van der Waals surface area contributed by atoms with Crippen LogP contribution in [0, 0.1) is 12.7 Å². The smallest absolute Gasteiger partial charge is 0.261 e. The van der Waals surface area contributed by atoms with E-state index in [0.29, 0.717) is 0 Å². The second-order valence-electron chi connectivity index (χ2n) is 5.78. The van der Waals surface area contributed by atoms with Crippen molar-refractivity contribution in [3.8, 4) is 0 Å². The number of nitrogens with one attached hydrogen (secondary N) is 1. The first-order chi connectivity index (χ1) is 11.0. The number of hydrogen-bond donors (Lipinski definition) is 1. The Labute approximate surface area is 136 Å². The van der Waals surface area contributed by atoms with Crippen LogP contribution in [-0.4, -0.2) is 21.5 Å². The Kier molecular flexibility index (Phi) is 4.26. The van der Waals surface area contributed by atoms with Gasteiger partial charge in [0.05, 0.1) is 16.3 Å². The Hall–Kier alpha value is -2.08. The van der Waals surface area contributed by atoms with E-state index < -0.39 is 15.8 Å². The lowest BCUT2D eigenvalue weighted by atomic mass is 10.2. The summed E-state index contributed by atoms with van der Waals surface area (Å²) in [6.45, 7) is 3.53. The molecular formula is C17H19FN2O2S. The van der Waals surface area contributed by atoms with Gasteiger partial charge >= 0.3 is 0 Å². The lowest BCUT2D eigenvalue weighted by molar-refractivity contribution is 0.601. The molecule has 0 radical (unpaired) electrons. The van der Waals surface area contributed by atoms with Crippen LogP contribution in [-0.2, 0) is 10.0 Å². The van der Waals surface area contributed by atoms with Crippen LogP contribution < -0.4 is 9.62 Å². The molecule has 0 aliphatic carbocycles. The SMILES string of the molecule is Cc1cccc(S(=O)(=O)Nc2cc(F)ccc2N2CCCC2)c1. The highest BCUT2D eigenvalue weighted by molar-refractivity contribution is 7.92. The van der Waals surface area contributed by atoms with E-state index in [1.807, 2.05) is 13.0 Å². The van der Waals surface area contributed by atoms with Crippen molar-refractivity contribution in [2.24, 2.45) is 0 Å². The molecule has 1 heterocycles. The second kappa shape index (κ2) is 6.20. The molecule has 0 amide bonds. The van der Waals surface area contributed by atoms with Gasteiger partial charge in [0, 0.05) is 19.2 Å². The van der Waals surface area contributed by atoms with Crippen molar-refractivity contribution in [1.82, 2.24) is 0 Å². The third-order valence-electron chi connectivity index (χ3n) is 3.95. The molecule has 0 saturated carbocycles. The number of sulfonamides is 1. The summed E-state index contributed by atoms with van der Waals surface area (Å²) in [6.07, 6.45) is 2.11. The fourth-order valence-electron chi connectivity index (χ4n) is 2.81. The number of rotatable bonds is 4. The van der Waals surface area contributed by atoms with E-state index in [1.54, 1.807) is 18.2 Å². The molecule has 6 heteroatoms. The lowest BCUT2D eigenvalue weighted by Crippen LogP contribution is -2.21. The molecular weight excluding hydrogens is 315 g/mol. The maximum atomic E-state index is 13.6. The second-order valence-corrected chi connectivity index (χ2v) is 7.46. The average molecular weight is 334 g/mol. The lowest BCUT2D eigenvalue weighted by Gasteiger charge is -2.22. The van der Waals surface area contributed by atoms with E-state index in [2.05, 4.69) is 9.62 Å². The van der Waals surface area contributed by atoms with E-state index >= 15 is 0 Å². The van der Waals surface area contributed by atoms with Crippen LogP contribution in [0.25, 0.3) is 0 Å². The van der Waals surface area contributed by atoms with E-state index in [0.717, 1.165) is 37.2 Å². The minimum atomic E-state index is -3.75. The Bertz CT molecular complexity index is 815. The van der Waals surface area contributed by atoms with Crippen LogP contribution in [0.1, 0.15) is 18.4 Å². The van der Waals surface area contributed by atoms with Gasteiger partial charge in [-0.25, -0.2) is 12.8 Å². The zero-order chi connectivity index (χ0) is 16.4. The fourth-order valence-corrected chi connectivity index (χ4v) is 3.98. The largest absolute Gasteiger partial charge is 0.370 e. The summed E-state index contributed by atoms with van der Waals surface area (Å²) in [7, 11) is -3.75. The summed E-state index contributed by atoms with van der Waals surface area (Å²) in [5.74, 6) is -0.463. The van der Waals surface area contributed by atoms with Crippen LogP contribution in [0.2, 0.25) is 0 Å². The Balaban J connectivity index is 1.97. The van der Waals surface area contributed by atoms with Crippen LogP contribution in [0.3, 0.4) is 0 Å². The van der Waals surface area contributed by atoms with Crippen molar-refractivity contribution in [1.29, 1.82) is 0 Å². The average Bonchev–Trinajstić information content (AvgIpc) is 3.01. The molecule has 0 bridgehead atoms. The highest BCUT2D eigenvalue weighted by atomic mass is 32.2. The molecule has 0 unspecified atom stereocenters. The maximum absolute atomic E-state index is 13.6. The highest BCUT2D eigenvalue weighted by Gasteiger charge is 2.21. The first-order valence-electron chi connectivity index (χ1n) is 7.60. The Morgan fingerprint density at radius 3 is 2.52 bits per heavy atom. The number of nitrogens with zero attached hydrogens (tertiary/aromatic N) is 1. The molecule has 2 aromatic rings. The zero-order valence-corrected chi connectivity index (χ0v) is 13.7. The van der Waals surface area contributed by atoms with E-state index in [-0.39, 0.29) is 10.6 Å². The minimum Gasteiger partial charge on any atom is -0.370 e. The molecule has 1 N–H and O–H groups in total. The fraction of sp³-hybridized carbons (Fsp3) is 0.294. The number of halogens is 1. The van der Waals surface area contributed by atoms with E-state index in [9.17, 15) is 12.8 Å². The molecule has 1 aliphatic rings. The molecule has 0 atom stereocenters. The number of hydrogen-bond acceptors (Lipinski definition) is 3. The molecule has 1 fully saturated rings. The van der Waals surface area contributed by atoms with E-state index in [4.69, 9.17) is 0 Å². The summed E-state index contributed by atoms with van der Waals surface area (Å²) >= 11 is 0. The van der Waals surface area contributed by atoms with Gasteiger partial charge in [0.2, 0.25) is 0 Å². The van der Waals surface area contributed by atoms with Crippen molar-refractivity contribution in [3.05, 3.63) is 53.8 Å². The predicted molar refractivity (Wildman–Crippen MR) is 89.8 cm³/mol. The molecule has 0 spiro atoms. The van der Waals surface area contributed by atoms with Crippen LogP contribution in [0.5, 0.6) is 0 Å². The molecule has 0 aromatic heterocycles. The summed E-state index contributed by atoms with van der Waals surface area (Å²) < 4.78 is 41.3. The predicted octanol–water partition coefficient (Wildman–Crippen LogP) is 3.54. The van der Waals surface area contributed by atoms with Crippen LogP contribution >= 0.6 is 0 Å². The quantitative estimate of drug-likeness (QED) is 0.930. The van der Waals surface area contributed by atoms with Gasteiger partial charge in [-0.05, 0) is 49.6 Å². The monoisotopic (exact) mass is 334 g/mol. The number of aryl methyl sites for hydroxylation is 1. The van der Waals surface area contributed by atoms with Crippen molar-refractivity contribution < 1.29 is 12.8 Å².